The number of ether oxygens (including phenoxy) is 1. The van der Waals surface area contributed by atoms with E-state index >= 15 is 0 Å². The first-order valence-electron chi connectivity index (χ1n) is 3.91. The fraction of sp³-hybridized carbons (Fsp3) is 1.00. The molecule has 1 aliphatic rings. The average Bonchev–Trinajstić information content (AvgIpc) is 1.88. The van der Waals surface area contributed by atoms with Gasteiger partial charge in [-0.2, -0.15) is 0 Å². The lowest BCUT2D eigenvalue weighted by Crippen LogP contribution is -2.27. The third kappa shape index (κ3) is 1.97. The molecular weight excluding hydrogens is 164 g/mol. The predicted molar refractivity (Wildman–Crippen MR) is 48.0 cm³/mol. The summed E-state index contributed by atoms with van der Waals surface area (Å²) in [6, 6.07) is 0. The molecule has 0 N–H and O–H groups in total. The zero-order valence-corrected chi connectivity index (χ0v) is 9.40. The predicted octanol–water partition coefficient (Wildman–Crippen LogP) is 0.947. The van der Waals surface area contributed by atoms with E-state index in [1.54, 1.807) is 0 Å². The summed E-state index contributed by atoms with van der Waals surface area (Å²) in [6.45, 7) is 0. The van der Waals surface area contributed by atoms with Crippen molar-refractivity contribution in [3.8, 4) is 0 Å². The van der Waals surface area contributed by atoms with Crippen LogP contribution in [0.15, 0.2) is 0 Å². The van der Waals surface area contributed by atoms with Crippen molar-refractivity contribution in [2.75, 3.05) is 7.11 Å². The van der Waals surface area contributed by atoms with Crippen LogP contribution in [0.5, 0.6) is 0 Å². The lowest BCUT2D eigenvalue weighted by molar-refractivity contribution is 0.0727. The molecule has 60 valence electrons. The molecular formula is C7H15ClOSi. The molecule has 3 atom stereocenters. The Balaban J connectivity index is 2.36. The molecule has 0 amide bonds. The van der Waals surface area contributed by atoms with Crippen molar-refractivity contribution < 1.29 is 4.74 Å². The highest BCUT2D eigenvalue weighted by Crippen LogP contribution is 2.31. The summed E-state index contributed by atoms with van der Waals surface area (Å²) in [5, 5.41) is 0.425. The molecule has 0 aromatic heterocycles. The van der Waals surface area contributed by atoms with Crippen molar-refractivity contribution in [1.29, 1.82) is 0 Å². The highest BCUT2D eigenvalue weighted by molar-refractivity contribution is 6.21. The van der Waals surface area contributed by atoms with Gasteiger partial charge in [0.25, 0.3) is 0 Å². The highest BCUT2D eigenvalue weighted by atomic mass is 35.5. The standard InChI is InChI=1S/C7H15ClOSi/c1-9-6-3-2-5(8)4-7(6)10/h5-7H,2-4H2,1,10H3. The SMILES string of the molecule is COC1CCC(Cl)CC1[SiH3]. The van der Waals surface area contributed by atoms with Crippen LogP contribution in [0.2, 0.25) is 5.54 Å². The topological polar surface area (TPSA) is 9.23 Å². The van der Waals surface area contributed by atoms with Crippen LogP contribution in [0, 0.1) is 0 Å². The number of alkyl halides is 1. The number of hydrogen-bond donors (Lipinski definition) is 0. The summed E-state index contributed by atoms with van der Waals surface area (Å²) < 4.78 is 5.33. The van der Waals surface area contributed by atoms with Gasteiger partial charge in [0.2, 0.25) is 0 Å². The molecule has 3 heteroatoms. The van der Waals surface area contributed by atoms with Crippen molar-refractivity contribution in [2.24, 2.45) is 0 Å². The molecule has 1 fully saturated rings. The smallest absolute Gasteiger partial charge is 0.0568 e. The second-order valence-electron chi connectivity index (χ2n) is 3.16. The van der Waals surface area contributed by atoms with E-state index < -0.39 is 0 Å². The molecule has 3 unspecified atom stereocenters. The van der Waals surface area contributed by atoms with E-state index in [0.717, 1.165) is 12.0 Å². The van der Waals surface area contributed by atoms with Crippen LogP contribution in [0.1, 0.15) is 19.3 Å². The van der Waals surface area contributed by atoms with E-state index in [4.69, 9.17) is 16.3 Å². The normalized spacial score (nSPS) is 42.0. The molecule has 0 aromatic carbocycles. The largest absolute Gasteiger partial charge is 0.382 e. The average molecular weight is 179 g/mol. The first-order valence-corrected chi connectivity index (χ1v) is 5.50. The Kier molecular flexibility index (Phi) is 3.20. The van der Waals surface area contributed by atoms with Gasteiger partial charge in [-0.25, -0.2) is 0 Å². The second-order valence-corrected chi connectivity index (χ2v) is 5.26. The van der Waals surface area contributed by atoms with Gasteiger partial charge >= 0.3 is 0 Å². The van der Waals surface area contributed by atoms with Gasteiger partial charge in [0.1, 0.15) is 0 Å². The zero-order valence-electron chi connectivity index (χ0n) is 6.64. The molecule has 0 saturated heterocycles. The molecule has 1 nitrogen and oxygen atoms in total. The molecule has 0 radical (unpaired) electrons. The fourth-order valence-corrected chi connectivity index (χ4v) is 3.53. The van der Waals surface area contributed by atoms with E-state index in [1.165, 1.54) is 23.1 Å². The quantitative estimate of drug-likeness (QED) is 0.429. The van der Waals surface area contributed by atoms with E-state index in [2.05, 4.69) is 0 Å². The van der Waals surface area contributed by atoms with Crippen LogP contribution < -0.4 is 0 Å². The number of rotatable bonds is 1. The zero-order chi connectivity index (χ0) is 7.56. The maximum atomic E-state index is 6.00. The van der Waals surface area contributed by atoms with Crippen LogP contribution >= 0.6 is 11.6 Å². The maximum Gasteiger partial charge on any atom is 0.0568 e. The molecule has 0 heterocycles. The number of halogens is 1. The summed E-state index contributed by atoms with van der Waals surface area (Å²) >= 11 is 6.00. The van der Waals surface area contributed by atoms with Gasteiger partial charge < -0.3 is 4.74 Å². The Morgan fingerprint density at radius 2 is 2.20 bits per heavy atom. The van der Waals surface area contributed by atoms with Crippen molar-refractivity contribution in [1.82, 2.24) is 0 Å². The van der Waals surface area contributed by atoms with Crippen LogP contribution in [0.4, 0.5) is 0 Å². The van der Waals surface area contributed by atoms with Crippen LogP contribution in [-0.2, 0) is 4.74 Å². The minimum Gasteiger partial charge on any atom is -0.382 e. The van der Waals surface area contributed by atoms with Crippen molar-refractivity contribution in [3.05, 3.63) is 0 Å². The van der Waals surface area contributed by atoms with Gasteiger partial charge in [-0.05, 0) is 24.8 Å². The van der Waals surface area contributed by atoms with Gasteiger partial charge in [-0.3, -0.25) is 0 Å². The van der Waals surface area contributed by atoms with Crippen LogP contribution in [0.25, 0.3) is 0 Å². The minimum atomic E-state index is 0.425. The molecule has 1 saturated carbocycles. The first-order chi connectivity index (χ1) is 4.74. The molecule has 0 bridgehead atoms. The van der Waals surface area contributed by atoms with Gasteiger partial charge in [0.15, 0.2) is 0 Å². The molecule has 1 aliphatic carbocycles. The van der Waals surface area contributed by atoms with Gasteiger partial charge in [-0.15, -0.1) is 11.6 Å². The molecule has 0 aromatic rings. The summed E-state index contributed by atoms with van der Waals surface area (Å²) in [7, 11) is 3.03. The highest BCUT2D eigenvalue weighted by Gasteiger charge is 2.25. The Hall–Kier alpha value is 0.467. The van der Waals surface area contributed by atoms with Gasteiger partial charge in [-0.1, -0.05) is 0 Å². The molecule has 1 rings (SSSR count). The van der Waals surface area contributed by atoms with Crippen molar-refractivity contribution in [3.63, 3.8) is 0 Å². The van der Waals surface area contributed by atoms with Crippen molar-refractivity contribution >= 4 is 21.8 Å². The Labute approximate surface area is 70.5 Å². The monoisotopic (exact) mass is 178 g/mol. The lowest BCUT2D eigenvalue weighted by atomic mass is 9.96. The van der Waals surface area contributed by atoms with E-state index in [-0.39, 0.29) is 0 Å². The summed E-state index contributed by atoms with van der Waals surface area (Å²) in [5.41, 5.74) is 0.779. The lowest BCUT2D eigenvalue weighted by Gasteiger charge is -2.30. The molecule has 0 spiro atoms. The molecule has 10 heavy (non-hydrogen) atoms. The third-order valence-corrected chi connectivity index (χ3v) is 3.94. The maximum absolute atomic E-state index is 6.00. The Morgan fingerprint density at radius 3 is 2.70 bits per heavy atom. The Morgan fingerprint density at radius 1 is 1.50 bits per heavy atom. The van der Waals surface area contributed by atoms with E-state index in [0.29, 0.717) is 11.5 Å². The molecule has 0 aliphatic heterocycles. The summed E-state index contributed by atoms with van der Waals surface area (Å²) in [5.74, 6) is 0. The Bertz CT molecular complexity index is 110. The second kappa shape index (κ2) is 3.74. The fourth-order valence-electron chi connectivity index (χ4n) is 1.65. The number of methoxy groups -OCH3 is 1. The summed E-state index contributed by atoms with van der Waals surface area (Å²) in [6.07, 6.45) is 3.99. The minimum absolute atomic E-state index is 0.425. The van der Waals surface area contributed by atoms with Gasteiger partial charge in [0.05, 0.1) is 6.10 Å². The van der Waals surface area contributed by atoms with Crippen LogP contribution in [-0.4, -0.2) is 28.8 Å². The van der Waals surface area contributed by atoms with Gasteiger partial charge in [0, 0.05) is 22.7 Å². The van der Waals surface area contributed by atoms with E-state index in [9.17, 15) is 0 Å². The van der Waals surface area contributed by atoms with Crippen molar-refractivity contribution in [2.45, 2.75) is 36.3 Å². The number of hydrogen-bond acceptors (Lipinski definition) is 1. The first kappa shape index (κ1) is 8.56. The summed E-state index contributed by atoms with van der Waals surface area (Å²) in [4.78, 5) is 0. The van der Waals surface area contributed by atoms with Crippen LogP contribution in [0.3, 0.4) is 0 Å². The van der Waals surface area contributed by atoms with E-state index in [1.807, 2.05) is 7.11 Å². The third-order valence-electron chi connectivity index (χ3n) is 2.33.